The maximum Gasteiger partial charge on any atom is 0.335 e. The first-order chi connectivity index (χ1) is 8.59. The lowest BCUT2D eigenvalue weighted by molar-refractivity contribution is 0.0697. The molecule has 92 valence electrons. The second kappa shape index (κ2) is 4.83. The fourth-order valence-corrected chi connectivity index (χ4v) is 1.68. The van der Waals surface area contributed by atoms with Crippen molar-refractivity contribution in [2.75, 3.05) is 11.9 Å². The molecule has 1 N–H and O–H groups in total. The van der Waals surface area contributed by atoms with Crippen LogP contribution < -0.4 is 4.90 Å². The average Bonchev–Trinajstić information content (AvgIpc) is 2.38. The molecule has 2 aromatic rings. The van der Waals surface area contributed by atoms with Gasteiger partial charge in [-0.3, -0.25) is 4.98 Å². The Kier molecular flexibility index (Phi) is 3.23. The summed E-state index contributed by atoms with van der Waals surface area (Å²) in [5.74, 6) is -0.180. The molecule has 0 spiro atoms. The highest BCUT2D eigenvalue weighted by Crippen LogP contribution is 2.23. The molecule has 1 aromatic heterocycles. The Labute approximate surface area is 105 Å². The Morgan fingerprint density at radius 2 is 1.78 bits per heavy atom. The maximum absolute atomic E-state index is 10.8. The van der Waals surface area contributed by atoms with Gasteiger partial charge in [-0.05, 0) is 31.2 Å². The minimum absolute atomic E-state index is 0.267. The van der Waals surface area contributed by atoms with Gasteiger partial charge in [0.1, 0.15) is 0 Å². The summed E-state index contributed by atoms with van der Waals surface area (Å²) in [5.41, 5.74) is 1.95. The zero-order valence-electron chi connectivity index (χ0n) is 10.2. The largest absolute Gasteiger partial charge is 0.478 e. The lowest BCUT2D eigenvalue weighted by Gasteiger charge is -2.19. The molecule has 0 unspecified atom stereocenters. The third-order valence-corrected chi connectivity index (χ3v) is 2.67. The van der Waals surface area contributed by atoms with Crippen LogP contribution in [0, 0.1) is 6.92 Å². The fourth-order valence-electron chi connectivity index (χ4n) is 1.68. The van der Waals surface area contributed by atoms with Crippen LogP contribution in [-0.2, 0) is 0 Å². The zero-order valence-corrected chi connectivity index (χ0v) is 10.2. The second-order valence-electron chi connectivity index (χ2n) is 3.88. The lowest BCUT2D eigenvalue weighted by Crippen LogP contribution is -2.13. The summed E-state index contributed by atoms with van der Waals surface area (Å²) < 4.78 is 0. The quantitative estimate of drug-likeness (QED) is 0.895. The van der Waals surface area contributed by atoms with Crippen molar-refractivity contribution in [2.24, 2.45) is 0 Å². The number of aromatic nitrogens is 2. The summed E-state index contributed by atoms with van der Waals surface area (Å²) in [6.07, 6.45) is 3.27. The normalized spacial score (nSPS) is 10.1. The summed E-state index contributed by atoms with van der Waals surface area (Å²) in [7, 11) is 1.87. The molecular weight excluding hydrogens is 230 g/mol. The molecular formula is C13H13N3O2. The number of rotatable bonds is 3. The number of aromatic carboxylic acids is 1. The van der Waals surface area contributed by atoms with E-state index in [1.54, 1.807) is 36.7 Å². The standard InChI is InChI=1S/C13H13N3O2/c1-9-12(15-8-7-14-9)16(2)11-5-3-10(4-6-11)13(17)18/h3-8H,1-2H3,(H,17,18). The van der Waals surface area contributed by atoms with E-state index in [4.69, 9.17) is 5.11 Å². The Morgan fingerprint density at radius 3 is 2.33 bits per heavy atom. The maximum atomic E-state index is 10.8. The van der Waals surface area contributed by atoms with Crippen molar-refractivity contribution in [3.8, 4) is 0 Å². The van der Waals surface area contributed by atoms with Crippen molar-refractivity contribution >= 4 is 17.5 Å². The molecule has 18 heavy (non-hydrogen) atoms. The van der Waals surface area contributed by atoms with Gasteiger partial charge in [0.15, 0.2) is 5.82 Å². The molecule has 0 aliphatic rings. The monoisotopic (exact) mass is 243 g/mol. The summed E-state index contributed by atoms with van der Waals surface area (Å²) >= 11 is 0. The van der Waals surface area contributed by atoms with Gasteiger partial charge in [0, 0.05) is 25.1 Å². The fraction of sp³-hybridized carbons (Fsp3) is 0.154. The van der Waals surface area contributed by atoms with E-state index in [0.29, 0.717) is 0 Å². The summed E-state index contributed by atoms with van der Waals surface area (Å²) in [4.78, 5) is 21.1. The number of anilines is 2. The Morgan fingerprint density at radius 1 is 1.17 bits per heavy atom. The number of carbonyl (C=O) groups is 1. The van der Waals surface area contributed by atoms with Crippen molar-refractivity contribution in [1.29, 1.82) is 0 Å². The van der Waals surface area contributed by atoms with Crippen LogP contribution in [-0.4, -0.2) is 28.1 Å². The van der Waals surface area contributed by atoms with Gasteiger partial charge < -0.3 is 10.0 Å². The number of benzene rings is 1. The Bertz CT molecular complexity index is 567. The number of aryl methyl sites for hydroxylation is 1. The predicted molar refractivity (Wildman–Crippen MR) is 68.2 cm³/mol. The molecule has 5 heteroatoms. The van der Waals surface area contributed by atoms with Gasteiger partial charge in [-0.15, -0.1) is 0 Å². The molecule has 1 aromatic carbocycles. The van der Waals surface area contributed by atoms with Crippen LogP contribution in [0.25, 0.3) is 0 Å². The minimum Gasteiger partial charge on any atom is -0.478 e. The number of hydrogen-bond donors (Lipinski definition) is 1. The highest BCUT2D eigenvalue weighted by molar-refractivity contribution is 5.88. The molecule has 0 aliphatic carbocycles. The van der Waals surface area contributed by atoms with Crippen molar-refractivity contribution in [1.82, 2.24) is 9.97 Å². The third kappa shape index (κ3) is 2.29. The van der Waals surface area contributed by atoms with Crippen LogP contribution in [0.2, 0.25) is 0 Å². The van der Waals surface area contributed by atoms with Gasteiger partial charge in [0.25, 0.3) is 0 Å². The Hall–Kier alpha value is -2.43. The van der Waals surface area contributed by atoms with Gasteiger partial charge >= 0.3 is 5.97 Å². The highest BCUT2D eigenvalue weighted by atomic mass is 16.4. The van der Waals surface area contributed by atoms with E-state index >= 15 is 0 Å². The summed E-state index contributed by atoms with van der Waals surface area (Å²) in [6.45, 7) is 1.88. The minimum atomic E-state index is -0.931. The van der Waals surface area contributed by atoms with Crippen molar-refractivity contribution in [3.05, 3.63) is 47.9 Å². The summed E-state index contributed by atoms with van der Waals surface area (Å²) in [5, 5.41) is 8.84. The number of nitrogens with zero attached hydrogens (tertiary/aromatic N) is 3. The topological polar surface area (TPSA) is 66.3 Å². The predicted octanol–water partition coefficient (Wildman–Crippen LogP) is 2.25. The van der Waals surface area contributed by atoms with Crippen LogP contribution in [0.1, 0.15) is 16.1 Å². The molecule has 1 heterocycles. The van der Waals surface area contributed by atoms with Gasteiger partial charge in [-0.1, -0.05) is 0 Å². The molecule has 0 atom stereocenters. The van der Waals surface area contributed by atoms with Crippen LogP contribution in [0.15, 0.2) is 36.7 Å². The van der Waals surface area contributed by atoms with Crippen LogP contribution >= 0.6 is 0 Å². The SMILES string of the molecule is Cc1nccnc1N(C)c1ccc(C(=O)O)cc1. The number of carboxylic acids is 1. The van der Waals surface area contributed by atoms with Crippen molar-refractivity contribution in [3.63, 3.8) is 0 Å². The molecule has 0 saturated carbocycles. The molecule has 2 rings (SSSR count). The first kappa shape index (κ1) is 12.0. The van der Waals surface area contributed by atoms with Crippen LogP contribution in [0.4, 0.5) is 11.5 Å². The van der Waals surface area contributed by atoms with E-state index in [2.05, 4.69) is 9.97 Å². The molecule has 0 amide bonds. The Balaban J connectivity index is 2.32. The van der Waals surface area contributed by atoms with Crippen molar-refractivity contribution < 1.29 is 9.90 Å². The van der Waals surface area contributed by atoms with E-state index < -0.39 is 5.97 Å². The van der Waals surface area contributed by atoms with Gasteiger partial charge in [0.2, 0.25) is 0 Å². The van der Waals surface area contributed by atoms with Gasteiger partial charge in [-0.25, -0.2) is 9.78 Å². The second-order valence-corrected chi connectivity index (χ2v) is 3.88. The molecule has 5 nitrogen and oxygen atoms in total. The van der Waals surface area contributed by atoms with Crippen LogP contribution in [0.3, 0.4) is 0 Å². The van der Waals surface area contributed by atoms with E-state index in [1.807, 2.05) is 18.9 Å². The molecule has 0 bridgehead atoms. The molecule has 0 saturated heterocycles. The molecule has 0 aliphatic heterocycles. The zero-order chi connectivity index (χ0) is 13.1. The average molecular weight is 243 g/mol. The number of hydrogen-bond acceptors (Lipinski definition) is 4. The first-order valence-corrected chi connectivity index (χ1v) is 5.44. The van der Waals surface area contributed by atoms with Gasteiger partial charge in [-0.2, -0.15) is 0 Å². The molecule has 0 radical (unpaired) electrons. The van der Waals surface area contributed by atoms with E-state index in [-0.39, 0.29) is 5.56 Å². The summed E-state index contributed by atoms with van der Waals surface area (Å²) in [6, 6.07) is 6.63. The first-order valence-electron chi connectivity index (χ1n) is 5.44. The highest BCUT2D eigenvalue weighted by Gasteiger charge is 2.09. The van der Waals surface area contributed by atoms with E-state index in [1.165, 1.54) is 0 Å². The van der Waals surface area contributed by atoms with Crippen molar-refractivity contribution in [2.45, 2.75) is 6.92 Å². The van der Waals surface area contributed by atoms with Gasteiger partial charge in [0.05, 0.1) is 11.3 Å². The van der Waals surface area contributed by atoms with Crippen LogP contribution in [0.5, 0.6) is 0 Å². The third-order valence-electron chi connectivity index (χ3n) is 2.67. The van der Waals surface area contributed by atoms with E-state index in [0.717, 1.165) is 17.2 Å². The number of carboxylic acid groups (broad SMARTS) is 1. The molecule has 0 fully saturated rings. The smallest absolute Gasteiger partial charge is 0.335 e. The lowest BCUT2D eigenvalue weighted by atomic mass is 10.2. The van der Waals surface area contributed by atoms with E-state index in [9.17, 15) is 4.79 Å².